The third kappa shape index (κ3) is 3.16. The number of nitrogens with zero attached hydrogens (tertiary/aromatic N) is 3. The van der Waals surface area contributed by atoms with Crippen LogP contribution in [0.5, 0.6) is 0 Å². The molecule has 1 atom stereocenters. The standard InChI is InChI=1S/C13H20ClN3O2/c1-4-17-10(13(14)9(2)15-17)7-11(18)12-8-16(3)5-6-19-12/h12H,4-8H2,1-3H3. The van der Waals surface area contributed by atoms with E-state index in [1.807, 2.05) is 20.9 Å². The summed E-state index contributed by atoms with van der Waals surface area (Å²) in [6.07, 6.45) is -0.0678. The van der Waals surface area contributed by atoms with Gasteiger partial charge in [0.15, 0.2) is 5.78 Å². The van der Waals surface area contributed by atoms with Gasteiger partial charge in [0, 0.05) is 19.6 Å². The van der Waals surface area contributed by atoms with Crippen LogP contribution in [-0.2, 0) is 22.5 Å². The van der Waals surface area contributed by atoms with Crippen molar-refractivity contribution in [3.05, 3.63) is 16.4 Å². The maximum atomic E-state index is 12.3. The van der Waals surface area contributed by atoms with E-state index in [1.54, 1.807) is 4.68 Å². The number of hydrogen-bond acceptors (Lipinski definition) is 4. The maximum absolute atomic E-state index is 12.3. The van der Waals surface area contributed by atoms with E-state index in [4.69, 9.17) is 16.3 Å². The molecule has 1 aromatic rings. The molecule has 0 bridgehead atoms. The fourth-order valence-corrected chi connectivity index (χ4v) is 2.49. The first-order valence-corrected chi connectivity index (χ1v) is 6.95. The summed E-state index contributed by atoms with van der Waals surface area (Å²) >= 11 is 6.22. The molecule has 2 heterocycles. The number of morpholine rings is 1. The molecule has 1 unspecified atom stereocenters. The Labute approximate surface area is 118 Å². The monoisotopic (exact) mass is 285 g/mol. The molecule has 0 amide bonds. The van der Waals surface area contributed by atoms with Crippen molar-refractivity contribution in [2.24, 2.45) is 0 Å². The topological polar surface area (TPSA) is 47.4 Å². The Morgan fingerprint density at radius 2 is 2.32 bits per heavy atom. The Morgan fingerprint density at radius 3 is 2.95 bits per heavy atom. The summed E-state index contributed by atoms with van der Waals surface area (Å²) in [5.41, 5.74) is 1.57. The number of carbonyl (C=O) groups is 1. The molecule has 0 aliphatic carbocycles. The number of likely N-dealkylation sites (N-methyl/N-ethyl adjacent to an activating group) is 1. The number of halogens is 1. The Morgan fingerprint density at radius 1 is 1.58 bits per heavy atom. The Hall–Kier alpha value is -0.910. The number of aryl methyl sites for hydroxylation is 2. The van der Waals surface area contributed by atoms with Gasteiger partial charge in [0.1, 0.15) is 6.10 Å². The lowest BCUT2D eigenvalue weighted by Gasteiger charge is -2.29. The first-order valence-electron chi connectivity index (χ1n) is 6.57. The largest absolute Gasteiger partial charge is 0.368 e. The van der Waals surface area contributed by atoms with Gasteiger partial charge < -0.3 is 9.64 Å². The summed E-state index contributed by atoms with van der Waals surface area (Å²) in [7, 11) is 2.00. The van der Waals surface area contributed by atoms with Gasteiger partial charge in [-0.15, -0.1) is 0 Å². The van der Waals surface area contributed by atoms with E-state index in [2.05, 4.69) is 10.00 Å². The molecule has 0 radical (unpaired) electrons. The van der Waals surface area contributed by atoms with Crippen LogP contribution in [0.2, 0.25) is 5.02 Å². The highest BCUT2D eigenvalue weighted by atomic mass is 35.5. The van der Waals surface area contributed by atoms with Crippen LogP contribution in [0, 0.1) is 6.92 Å². The van der Waals surface area contributed by atoms with E-state index in [0.29, 0.717) is 24.7 Å². The molecule has 0 aromatic carbocycles. The van der Waals surface area contributed by atoms with Crippen molar-refractivity contribution in [2.45, 2.75) is 32.9 Å². The molecule has 106 valence electrons. The molecule has 1 aliphatic rings. The van der Waals surface area contributed by atoms with Gasteiger partial charge in [0.05, 0.1) is 29.4 Å². The zero-order valence-corrected chi connectivity index (χ0v) is 12.4. The Balaban J connectivity index is 2.10. The molecule has 1 fully saturated rings. The number of carbonyl (C=O) groups excluding carboxylic acids is 1. The predicted molar refractivity (Wildman–Crippen MR) is 73.6 cm³/mol. The molecular weight excluding hydrogens is 266 g/mol. The van der Waals surface area contributed by atoms with Gasteiger partial charge in [-0.3, -0.25) is 9.48 Å². The van der Waals surface area contributed by atoms with Gasteiger partial charge in [-0.1, -0.05) is 11.6 Å². The van der Waals surface area contributed by atoms with Gasteiger partial charge >= 0.3 is 0 Å². The molecule has 6 heteroatoms. The summed E-state index contributed by atoms with van der Waals surface area (Å²) in [5.74, 6) is 0.0723. The van der Waals surface area contributed by atoms with Gasteiger partial charge in [-0.2, -0.15) is 5.10 Å². The van der Waals surface area contributed by atoms with Crippen molar-refractivity contribution in [1.29, 1.82) is 0 Å². The quantitative estimate of drug-likeness (QED) is 0.837. The smallest absolute Gasteiger partial charge is 0.168 e. The summed E-state index contributed by atoms with van der Waals surface area (Å²) < 4.78 is 7.33. The molecule has 19 heavy (non-hydrogen) atoms. The summed E-state index contributed by atoms with van der Waals surface area (Å²) in [5, 5.41) is 4.92. The molecule has 1 aromatic heterocycles. The highest BCUT2D eigenvalue weighted by molar-refractivity contribution is 6.32. The Bertz CT molecular complexity index is 473. The lowest BCUT2D eigenvalue weighted by atomic mass is 10.1. The van der Waals surface area contributed by atoms with E-state index < -0.39 is 0 Å². The van der Waals surface area contributed by atoms with Gasteiger partial charge in [0.2, 0.25) is 0 Å². The predicted octanol–water partition coefficient (Wildman–Crippen LogP) is 1.31. The fraction of sp³-hybridized carbons (Fsp3) is 0.692. The van der Waals surface area contributed by atoms with Crippen LogP contribution in [-0.4, -0.2) is 53.3 Å². The summed E-state index contributed by atoms with van der Waals surface area (Å²) in [6, 6.07) is 0. The van der Waals surface area contributed by atoms with E-state index in [1.165, 1.54) is 0 Å². The minimum Gasteiger partial charge on any atom is -0.368 e. The van der Waals surface area contributed by atoms with E-state index in [-0.39, 0.29) is 18.3 Å². The van der Waals surface area contributed by atoms with Crippen molar-refractivity contribution in [1.82, 2.24) is 14.7 Å². The molecule has 1 saturated heterocycles. The van der Waals surface area contributed by atoms with Crippen LogP contribution in [0.4, 0.5) is 0 Å². The second-order valence-electron chi connectivity index (χ2n) is 4.93. The number of rotatable bonds is 4. The van der Waals surface area contributed by atoms with Crippen LogP contribution in [0.15, 0.2) is 0 Å². The SMILES string of the molecule is CCn1nc(C)c(Cl)c1CC(=O)C1CN(C)CCO1. The fourth-order valence-electron chi connectivity index (χ4n) is 2.29. The van der Waals surface area contributed by atoms with Crippen molar-refractivity contribution in [3.8, 4) is 0 Å². The second-order valence-corrected chi connectivity index (χ2v) is 5.30. The van der Waals surface area contributed by atoms with E-state index in [0.717, 1.165) is 17.9 Å². The molecule has 0 spiro atoms. The van der Waals surface area contributed by atoms with Gasteiger partial charge in [-0.25, -0.2) is 0 Å². The third-order valence-corrected chi connectivity index (χ3v) is 3.91. The number of ether oxygens (including phenoxy) is 1. The minimum absolute atomic E-state index is 0.0723. The average Bonchev–Trinajstić information content (AvgIpc) is 2.66. The normalized spacial score (nSPS) is 20.7. The van der Waals surface area contributed by atoms with Crippen molar-refractivity contribution < 1.29 is 9.53 Å². The number of ketones is 1. The highest BCUT2D eigenvalue weighted by Gasteiger charge is 2.26. The molecule has 1 aliphatic heterocycles. The summed E-state index contributed by atoms with van der Waals surface area (Å²) in [6.45, 7) is 6.68. The van der Waals surface area contributed by atoms with Gasteiger partial charge in [0.25, 0.3) is 0 Å². The lowest BCUT2D eigenvalue weighted by molar-refractivity contribution is -0.134. The Kier molecular flexibility index (Phi) is 4.60. The lowest BCUT2D eigenvalue weighted by Crippen LogP contribution is -2.44. The summed E-state index contributed by atoms with van der Waals surface area (Å²) in [4.78, 5) is 14.4. The molecule has 5 nitrogen and oxygen atoms in total. The van der Waals surface area contributed by atoms with Crippen LogP contribution in [0.3, 0.4) is 0 Å². The van der Waals surface area contributed by atoms with Crippen LogP contribution < -0.4 is 0 Å². The van der Waals surface area contributed by atoms with Gasteiger partial charge in [-0.05, 0) is 20.9 Å². The first-order chi connectivity index (χ1) is 9.02. The first kappa shape index (κ1) is 14.5. The van der Waals surface area contributed by atoms with E-state index in [9.17, 15) is 4.79 Å². The molecule has 2 rings (SSSR count). The van der Waals surface area contributed by atoms with Crippen molar-refractivity contribution >= 4 is 17.4 Å². The van der Waals surface area contributed by atoms with Crippen molar-refractivity contribution in [3.63, 3.8) is 0 Å². The highest BCUT2D eigenvalue weighted by Crippen LogP contribution is 2.22. The van der Waals surface area contributed by atoms with Crippen LogP contribution in [0.1, 0.15) is 18.3 Å². The number of aromatic nitrogens is 2. The average molecular weight is 286 g/mol. The maximum Gasteiger partial charge on any atom is 0.168 e. The zero-order chi connectivity index (χ0) is 14.0. The minimum atomic E-state index is -0.352. The molecule has 0 N–H and O–H groups in total. The molecule has 0 saturated carbocycles. The second kappa shape index (κ2) is 6.03. The number of Topliss-reactive ketones (excluding diaryl/α,β-unsaturated/α-hetero) is 1. The third-order valence-electron chi connectivity index (χ3n) is 3.42. The van der Waals surface area contributed by atoms with Crippen molar-refractivity contribution in [2.75, 3.05) is 26.7 Å². The van der Waals surface area contributed by atoms with Crippen LogP contribution >= 0.6 is 11.6 Å². The molecular formula is C13H20ClN3O2. The van der Waals surface area contributed by atoms with E-state index >= 15 is 0 Å². The van der Waals surface area contributed by atoms with Crippen LogP contribution in [0.25, 0.3) is 0 Å². The number of hydrogen-bond donors (Lipinski definition) is 0. The zero-order valence-electron chi connectivity index (χ0n) is 11.6.